The second-order valence-electron chi connectivity index (χ2n) is 3.58. The van der Waals surface area contributed by atoms with Crippen LogP contribution in [0.2, 0.25) is 0 Å². The molecule has 0 atom stereocenters. The maximum absolute atomic E-state index is 4.14. The first-order valence-corrected chi connectivity index (χ1v) is 5.18. The van der Waals surface area contributed by atoms with Gasteiger partial charge in [0.05, 0.1) is 6.54 Å². The van der Waals surface area contributed by atoms with E-state index < -0.39 is 0 Å². The van der Waals surface area contributed by atoms with Crippen LogP contribution in [0.1, 0.15) is 12.8 Å². The molecule has 0 unspecified atom stereocenters. The fourth-order valence-electron chi connectivity index (χ4n) is 1.25. The second kappa shape index (κ2) is 6.66. The Labute approximate surface area is 112 Å². The third-order valence-corrected chi connectivity index (χ3v) is 2.24. The van der Waals surface area contributed by atoms with Gasteiger partial charge >= 0.3 is 0 Å². The lowest BCUT2D eigenvalue weighted by Gasteiger charge is -2.10. The van der Waals surface area contributed by atoms with Crippen LogP contribution < -0.4 is 10.6 Å². The van der Waals surface area contributed by atoms with Gasteiger partial charge in [-0.25, -0.2) is 4.98 Å². The Kier molecular flexibility index (Phi) is 5.50. The summed E-state index contributed by atoms with van der Waals surface area (Å²) in [6, 6.07) is 0.627. The van der Waals surface area contributed by atoms with Crippen molar-refractivity contribution in [2.45, 2.75) is 25.4 Å². The summed E-state index contributed by atoms with van der Waals surface area (Å²) in [4.78, 5) is 8.01. The van der Waals surface area contributed by atoms with Crippen molar-refractivity contribution in [3.05, 3.63) is 12.7 Å². The van der Waals surface area contributed by atoms with Gasteiger partial charge in [-0.3, -0.25) is 9.67 Å². The summed E-state index contributed by atoms with van der Waals surface area (Å²) in [5.41, 5.74) is 0. The first kappa shape index (κ1) is 13.2. The molecule has 0 radical (unpaired) electrons. The van der Waals surface area contributed by atoms with Crippen molar-refractivity contribution in [1.82, 2.24) is 25.4 Å². The second-order valence-corrected chi connectivity index (χ2v) is 3.58. The summed E-state index contributed by atoms with van der Waals surface area (Å²) in [6.07, 6.45) is 5.75. The maximum atomic E-state index is 4.14. The van der Waals surface area contributed by atoms with Crippen LogP contribution in [-0.2, 0) is 6.54 Å². The minimum atomic E-state index is 0. The van der Waals surface area contributed by atoms with Gasteiger partial charge in [-0.2, -0.15) is 5.10 Å². The summed E-state index contributed by atoms with van der Waals surface area (Å²) in [6.45, 7) is 1.60. The summed E-state index contributed by atoms with van der Waals surface area (Å²) in [5, 5.41) is 10.6. The van der Waals surface area contributed by atoms with Crippen LogP contribution in [-0.4, -0.2) is 40.4 Å². The van der Waals surface area contributed by atoms with E-state index in [2.05, 4.69) is 25.7 Å². The van der Waals surface area contributed by atoms with Gasteiger partial charge in [0, 0.05) is 19.6 Å². The highest BCUT2D eigenvalue weighted by molar-refractivity contribution is 14.0. The van der Waals surface area contributed by atoms with Gasteiger partial charge in [0.1, 0.15) is 12.7 Å². The van der Waals surface area contributed by atoms with Crippen molar-refractivity contribution < 1.29 is 0 Å². The molecule has 1 aliphatic rings. The molecule has 7 heteroatoms. The molecular weight excluding hydrogens is 319 g/mol. The molecule has 1 fully saturated rings. The van der Waals surface area contributed by atoms with Crippen LogP contribution in [0, 0.1) is 0 Å². The van der Waals surface area contributed by atoms with Crippen molar-refractivity contribution in [2.75, 3.05) is 13.6 Å². The predicted octanol–water partition coefficient (Wildman–Crippen LogP) is 0.223. The molecule has 6 nitrogen and oxygen atoms in total. The Morgan fingerprint density at radius 1 is 1.56 bits per heavy atom. The Balaban J connectivity index is 0.00000128. The van der Waals surface area contributed by atoms with Crippen LogP contribution >= 0.6 is 24.0 Å². The zero-order valence-electron chi connectivity index (χ0n) is 9.26. The normalized spacial score (nSPS) is 15.4. The average molecular weight is 336 g/mol. The van der Waals surface area contributed by atoms with Gasteiger partial charge < -0.3 is 10.6 Å². The Morgan fingerprint density at radius 2 is 2.38 bits per heavy atom. The van der Waals surface area contributed by atoms with Gasteiger partial charge in [-0.05, 0) is 12.8 Å². The van der Waals surface area contributed by atoms with E-state index in [0.717, 1.165) is 19.0 Å². The number of hydrogen-bond donors (Lipinski definition) is 2. The molecule has 1 aromatic heterocycles. The van der Waals surface area contributed by atoms with Crippen molar-refractivity contribution >= 4 is 29.9 Å². The zero-order valence-corrected chi connectivity index (χ0v) is 11.6. The lowest BCUT2D eigenvalue weighted by atomic mass is 10.6. The molecule has 1 saturated carbocycles. The molecule has 0 aliphatic heterocycles. The van der Waals surface area contributed by atoms with E-state index in [0.29, 0.717) is 6.04 Å². The molecular formula is C9H17IN6. The molecule has 1 aromatic rings. The highest BCUT2D eigenvalue weighted by Crippen LogP contribution is 2.18. The van der Waals surface area contributed by atoms with E-state index in [4.69, 9.17) is 0 Å². The average Bonchev–Trinajstić information content (AvgIpc) is 2.91. The number of halogens is 1. The number of aromatic nitrogens is 3. The summed E-state index contributed by atoms with van der Waals surface area (Å²) < 4.78 is 1.79. The smallest absolute Gasteiger partial charge is 0.191 e. The summed E-state index contributed by atoms with van der Waals surface area (Å²) >= 11 is 0. The van der Waals surface area contributed by atoms with E-state index in [1.165, 1.54) is 19.2 Å². The van der Waals surface area contributed by atoms with Gasteiger partial charge in [0.2, 0.25) is 0 Å². The first-order valence-electron chi connectivity index (χ1n) is 5.18. The number of guanidine groups is 1. The van der Waals surface area contributed by atoms with Gasteiger partial charge in [0.25, 0.3) is 0 Å². The van der Waals surface area contributed by atoms with Gasteiger partial charge in [0.15, 0.2) is 5.96 Å². The molecule has 0 aromatic carbocycles. The Morgan fingerprint density at radius 3 is 2.94 bits per heavy atom. The van der Waals surface area contributed by atoms with Gasteiger partial charge in [-0.1, -0.05) is 0 Å². The summed E-state index contributed by atoms with van der Waals surface area (Å²) in [7, 11) is 1.78. The van der Waals surface area contributed by atoms with E-state index >= 15 is 0 Å². The quantitative estimate of drug-likeness (QED) is 0.469. The number of nitrogens with one attached hydrogen (secondary N) is 2. The van der Waals surface area contributed by atoms with Crippen LogP contribution in [0.15, 0.2) is 17.6 Å². The van der Waals surface area contributed by atoms with Crippen molar-refractivity contribution in [3.63, 3.8) is 0 Å². The molecule has 2 N–H and O–H groups in total. The lowest BCUT2D eigenvalue weighted by Crippen LogP contribution is -2.39. The van der Waals surface area contributed by atoms with E-state index in [1.807, 2.05) is 0 Å². The van der Waals surface area contributed by atoms with Crippen LogP contribution in [0.5, 0.6) is 0 Å². The predicted molar refractivity (Wildman–Crippen MR) is 73.0 cm³/mol. The molecule has 0 amide bonds. The monoisotopic (exact) mass is 336 g/mol. The maximum Gasteiger partial charge on any atom is 0.191 e. The van der Waals surface area contributed by atoms with Crippen LogP contribution in [0.3, 0.4) is 0 Å². The first-order chi connectivity index (χ1) is 7.38. The largest absolute Gasteiger partial charge is 0.355 e. The van der Waals surface area contributed by atoms with Crippen molar-refractivity contribution in [1.29, 1.82) is 0 Å². The van der Waals surface area contributed by atoms with E-state index in [9.17, 15) is 0 Å². The minimum Gasteiger partial charge on any atom is -0.355 e. The molecule has 90 valence electrons. The minimum absolute atomic E-state index is 0. The number of aliphatic imine (C=N–C) groups is 1. The molecule has 2 rings (SSSR count). The fourth-order valence-corrected chi connectivity index (χ4v) is 1.25. The topological polar surface area (TPSA) is 67.1 Å². The SMILES string of the molecule is CN=C(NCCn1cncn1)NC1CC1.I. The highest BCUT2D eigenvalue weighted by atomic mass is 127. The van der Waals surface area contributed by atoms with Crippen molar-refractivity contribution in [2.24, 2.45) is 4.99 Å². The molecule has 1 aliphatic carbocycles. The van der Waals surface area contributed by atoms with Crippen molar-refractivity contribution in [3.8, 4) is 0 Å². The number of nitrogens with zero attached hydrogens (tertiary/aromatic N) is 4. The molecule has 0 spiro atoms. The standard InChI is InChI=1S/C9H16N6.HI/c1-10-9(14-8-2-3-8)12-4-5-15-7-11-6-13-15;/h6-8H,2-5H2,1H3,(H2,10,12,14);1H. The highest BCUT2D eigenvalue weighted by Gasteiger charge is 2.21. The molecule has 16 heavy (non-hydrogen) atoms. The zero-order chi connectivity index (χ0) is 10.5. The fraction of sp³-hybridized carbons (Fsp3) is 0.667. The molecule has 0 bridgehead atoms. The van der Waals surface area contributed by atoms with E-state index in [-0.39, 0.29) is 24.0 Å². The lowest BCUT2D eigenvalue weighted by molar-refractivity contribution is 0.596. The Bertz CT molecular complexity index is 319. The number of hydrogen-bond acceptors (Lipinski definition) is 3. The molecule has 0 saturated heterocycles. The summed E-state index contributed by atoms with van der Waals surface area (Å²) in [5.74, 6) is 0.873. The third-order valence-electron chi connectivity index (χ3n) is 2.24. The van der Waals surface area contributed by atoms with E-state index in [1.54, 1.807) is 18.1 Å². The number of rotatable bonds is 4. The Hall–Kier alpha value is -0.860. The van der Waals surface area contributed by atoms with Crippen LogP contribution in [0.25, 0.3) is 0 Å². The molecule has 1 heterocycles. The van der Waals surface area contributed by atoms with Crippen LogP contribution in [0.4, 0.5) is 0 Å². The van der Waals surface area contributed by atoms with Gasteiger partial charge in [-0.15, -0.1) is 24.0 Å². The third kappa shape index (κ3) is 4.33.